The molecule has 0 spiro atoms. The van der Waals surface area contributed by atoms with Crippen molar-refractivity contribution in [2.24, 2.45) is 0 Å². The molecule has 0 saturated heterocycles. The molecule has 0 unspecified atom stereocenters. The van der Waals surface area contributed by atoms with E-state index in [-0.39, 0.29) is 29.9 Å². The first-order chi connectivity index (χ1) is 13.0. The molecule has 0 atom stereocenters. The van der Waals surface area contributed by atoms with Crippen molar-refractivity contribution in [2.75, 3.05) is 40.8 Å². The fraction of sp³-hybridized carbons (Fsp3) is 0.435. The van der Waals surface area contributed by atoms with E-state index in [0.29, 0.717) is 24.5 Å². The number of hydrogen-bond acceptors (Lipinski definition) is 2. The highest BCUT2D eigenvalue weighted by atomic mass is 127. The minimum absolute atomic E-state index is 0. The van der Waals surface area contributed by atoms with E-state index in [1.54, 1.807) is 0 Å². The Hall–Kier alpha value is -1.60. The molecule has 154 valence electrons. The van der Waals surface area contributed by atoms with Gasteiger partial charge in [0.2, 0.25) is 0 Å². The molecule has 0 heterocycles. The summed E-state index contributed by atoms with van der Waals surface area (Å²) < 4.78 is 6.71. The maximum Gasteiger partial charge on any atom is 0.255 e. The number of aryl methyl sites for hydroxylation is 1. The maximum atomic E-state index is 12.4. The Balaban J connectivity index is 0.00000392. The first kappa shape index (κ1) is 24.4. The average Bonchev–Trinajstić information content (AvgIpc) is 2.64. The summed E-state index contributed by atoms with van der Waals surface area (Å²) in [5, 5.41) is 2.99. The SMILES string of the molecule is C[N+](C)(C)CCNC(=O)c1ccccc1OCCCCCc1ccccc1.[I-]. The van der Waals surface area contributed by atoms with Crippen LogP contribution in [-0.2, 0) is 6.42 Å². The largest absolute Gasteiger partial charge is 1.00 e. The summed E-state index contributed by atoms with van der Waals surface area (Å²) in [6.07, 6.45) is 4.36. The van der Waals surface area contributed by atoms with E-state index in [9.17, 15) is 4.79 Å². The van der Waals surface area contributed by atoms with Gasteiger partial charge in [0.1, 0.15) is 5.75 Å². The molecule has 0 aliphatic rings. The van der Waals surface area contributed by atoms with Gasteiger partial charge in [-0.15, -0.1) is 0 Å². The lowest BCUT2D eigenvalue weighted by molar-refractivity contribution is -0.869. The van der Waals surface area contributed by atoms with E-state index in [1.807, 2.05) is 30.3 Å². The van der Waals surface area contributed by atoms with E-state index in [0.717, 1.165) is 36.7 Å². The molecule has 2 aromatic rings. The Labute approximate surface area is 186 Å². The van der Waals surface area contributed by atoms with Crippen molar-refractivity contribution in [1.29, 1.82) is 0 Å². The van der Waals surface area contributed by atoms with E-state index >= 15 is 0 Å². The standard InChI is InChI=1S/C23H32N2O2.HI/c1-25(2,3)18-17-24-23(26)21-15-9-10-16-22(21)27-19-11-5-8-14-20-12-6-4-7-13-20;/h4,6-7,9-10,12-13,15-16H,5,8,11,14,17-19H2,1-3H3;1H. The summed E-state index contributed by atoms with van der Waals surface area (Å²) in [7, 11) is 6.34. The second-order valence-electron chi connectivity index (χ2n) is 7.91. The fourth-order valence-corrected chi connectivity index (χ4v) is 2.81. The minimum atomic E-state index is -0.0665. The molecule has 0 bridgehead atoms. The number of nitrogens with zero attached hydrogens (tertiary/aromatic N) is 1. The number of halogens is 1. The molecule has 0 aromatic heterocycles. The van der Waals surface area contributed by atoms with Crippen LogP contribution < -0.4 is 34.0 Å². The van der Waals surface area contributed by atoms with Crippen LogP contribution in [0.3, 0.4) is 0 Å². The number of carbonyl (C=O) groups is 1. The summed E-state index contributed by atoms with van der Waals surface area (Å²) in [4.78, 5) is 12.4. The highest BCUT2D eigenvalue weighted by Gasteiger charge is 2.13. The molecule has 1 amide bonds. The van der Waals surface area contributed by atoms with Gasteiger partial charge in [0.25, 0.3) is 5.91 Å². The molecular weight excluding hydrogens is 463 g/mol. The average molecular weight is 496 g/mol. The number of benzene rings is 2. The van der Waals surface area contributed by atoms with Crippen LogP contribution in [-0.4, -0.2) is 51.2 Å². The number of rotatable bonds is 11. The maximum absolute atomic E-state index is 12.4. The molecule has 1 N–H and O–H groups in total. The quantitative estimate of drug-likeness (QED) is 0.286. The van der Waals surface area contributed by atoms with Gasteiger partial charge in [-0.3, -0.25) is 4.79 Å². The smallest absolute Gasteiger partial charge is 0.255 e. The van der Waals surface area contributed by atoms with Crippen LogP contribution in [0.15, 0.2) is 54.6 Å². The third-order valence-corrected chi connectivity index (χ3v) is 4.41. The summed E-state index contributed by atoms with van der Waals surface area (Å²) in [5.41, 5.74) is 2.00. The van der Waals surface area contributed by atoms with Crippen molar-refractivity contribution >= 4 is 5.91 Å². The number of nitrogens with one attached hydrogen (secondary N) is 1. The number of carbonyl (C=O) groups excluding carboxylic acids is 1. The molecule has 0 fully saturated rings. The van der Waals surface area contributed by atoms with Crippen LogP contribution in [0.5, 0.6) is 5.75 Å². The Morgan fingerprint density at radius 1 is 0.929 bits per heavy atom. The lowest BCUT2D eigenvalue weighted by atomic mass is 10.1. The zero-order valence-electron chi connectivity index (χ0n) is 17.3. The summed E-state index contributed by atoms with van der Waals surface area (Å²) in [6.45, 7) is 2.17. The monoisotopic (exact) mass is 496 g/mol. The second kappa shape index (κ2) is 12.8. The van der Waals surface area contributed by atoms with Gasteiger partial charge in [0.15, 0.2) is 0 Å². The van der Waals surface area contributed by atoms with Gasteiger partial charge in [-0.2, -0.15) is 0 Å². The lowest BCUT2D eigenvalue weighted by Gasteiger charge is -2.23. The highest BCUT2D eigenvalue weighted by Crippen LogP contribution is 2.18. The predicted octanol–water partition coefficient (Wildman–Crippen LogP) is 0.918. The fourth-order valence-electron chi connectivity index (χ4n) is 2.81. The summed E-state index contributed by atoms with van der Waals surface area (Å²) in [6, 6.07) is 18.0. The lowest BCUT2D eigenvalue weighted by Crippen LogP contribution is -3.00. The molecule has 0 radical (unpaired) electrons. The van der Waals surface area contributed by atoms with Crippen molar-refractivity contribution < 1.29 is 38.0 Å². The van der Waals surface area contributed by atoms with E-state index < -0.39 is 0 Å². The van der Waals surface area contributed by atoms with E-state index in [1.165, 1.54) is 5.56 Å². The summed E-state index contributed by atoms with van der Waals surface area (Å²) in [5.74, 6) is 0.603. The second-order valence-corrected chi connectivity index (χ2v) is 7.91. The third kappa shape index (κ3) is 9.55. The van der Waals surface area contributed by atoms with Crippen LogP contribution in [0, 0.1) is 0 Å². The van der Waals surface area contributed by atoms with Crippen molar-refractivity contribution in [3.05, 3.63) is 65.7 Å². The molecule has 5 heteroatoms. The Morgan fingerprint density at radius 3 is 2.32 bits per heavy atom. The van der Waals surface area contributed by atoms with Crippen molar-refractivity contribution in [1.82, 2.24) is 5.32 Å². The highest BCUT2D eigenvalue weighted by molar-refractivity contribution is 5.96. The van der Waals surface area contributed by atoms with Crippen LogP contribution in [0.2, 0.25) is 0 Å². The molecule has 2 rings (SSSR count). The number of ether oxygens (including phenoxy) is 1. The molecular formula is C23H33IN2O2. The Morgan fingerprint density at radius 2 is 1.61 bits per heavy atom. The van der Waals surface area contributed by atoms with Gasteiger partial charge in [-0.05, 0) is 43.4 Å². The normalized spacial score (nSPS) is 10.8. The van der Waals surface area contributed by atoms with Crippen LogP contribution in [0.25, 0.3) is 0 Å². The molecule has 0 saturated carbocycles. The molecule has 4 nitrogen and oxygen atoms in total. The zero-order valence-corrected chi connectivity index (χ0v) is 19.4. The first-order valence-electron chi connectivity index (χ1n) is 9.80. The first-order valence-corrected chi connectivity index (χ1v) is 9.80. The topological polar surface area (TPSA) is 38.3 Å². The van der Waals surface area contributed by atoms with Gasteiger partial charge in [-0.25, -0.2) is 0 Å². The number of quaternary nitrogens is 1. The minimum Gasteiger partial charge on any atom is -1.00 e. The van der Waals surface area contributed by atoms with Gasteiger partial charge in [-0.1, -0.05) is 42.5 Å². The Kier molecular flexibility index (Phi) is 11.2. The van der Waals surface area contributed by atoms with Gasteiger partial charge >= 0.3 is 0 Å². The van der Waals surface area contributed by atoms with Gasteiger partial charge in [0.05, 0.1) is 46.4 Å². The number of hydrogen-bond donors (Lipinski definition) is 1. The summed E-state index contributed by atoms with van der Waals surface area (Å²) >= 11 is 0. The Bertz CT molecular complexity index is 699. The molecule has 2 aromatic carbocycles. The van der Waals surface area contributed by atoms with Crippen LogP contribution in [0.1, 0.15) is 35.2 Å². The molecule has 0 aliphatic heterocycles. The van der Waals surface area contributed by atoms with E-state index in [4.69, 9.17) is 4.74 Å². The number of amides is 1. The zero-order chi connectivity index (χ0) is 19.5. The van der Waals surface area contributed by atoms with Gasteiger partial charge < -0.3 is 38.5 Å². The number of para-hydroxylation sites is 1. The predicted molar refractivity (Wildman–Crippen MR) is 111 cm³/mol. The number of unbranched alkanes of at least 4 members (excludes halogenated alkanes) is 2. The van der Waals surface area contributed by atoms with Crippen molar-refractivity contribution in [3.63, 3.8) is 0 Å². The number of likely N-dealkylation sites (N-methyl/N-ethyl adjacent to an activating group) is 1. The van der Waals surface area contributed by atoms with Gasteiger partial charge in [0, 0.05) is 0 Å². The third-order valence-electron chi connectivity index (χ3n) is 4.41. The molecule has 0 aliphatic carbocycles. The molecule has 28 heavy (non-hydrogen) atoms. The van der Waals surface area contributed by atoms with Crippen molar-refractivity contribution in [2.45, 2.75) is 25.7 Å². The van der Waals surface area contributed by atoms with Crippen molar-refractivity contribution in [3.8, 4) is 5.75 Å². The van der Waals surface area contributed by atoms with Crippen LogP contribution in [0.4, 0.5) is 0 Å². The van der Waals surface area contributed by atoms with Crippen LogP contribution >= 0.6 is 0 Å². The van der Waals surface area contributed by atoms with E-state index in [2.05, 4.69) is 50.7 Å².